The summed E-state index contributed by atoms with van der Waals surface area (Å²) in [5.74, 6) is 1.82. The summed E-state index contributed by atoms with van der Waals surface area (Å²) < 4.78 is 9.83. The Balaban J connectivity index is 1.75. The fourth-order valence-electron chi connectivity index (χ4n) is 2.50. The summed E-state index contributed by atoms with van der Waals surface area (Å²) in [6.07, 6.45) is 1.93. The van der Waals surface area contributed by atoms with E-state index in [2.05, 4.69) is 30.2 Å². The number of ether oxygens (including phenoxy) is 1. The SMILES string of the molecule is COCc1nc(NCc2nonc2C)cc(C2CC(N)C2)n1. The summed E-state index contributed by atoms with van der Waals surface area (Å²) in [5, 5.41) is 10.9. The average molecular weight is 304 g/mol. The standard InChI is InChI=1S/C14H20N6O2/c1-8-12(20-22-19-8)6-16-13-5-11(9-3-10(15)4-9)17-14(18-13)7-21-2/h5,9-10H,3-4,6-7,15H2,1-2H3,(H,16,17,18). The lowest BCUT2D eigenvalue weighted by molar-refractivity contribution is 0.177. The molecule has 0 aliphatic heterocycles. The Morgan fingerprint density at radius 2 is 2.18 bits per heavy atom. The van der Waals surface area contributed by atoms with Crippen LogP contribution in [0.15, 0.2) is 10.7 Å². The smallest absolute Gasteiger partial charge is 0.156 e. The highest BCUT2D eigenvalue weighted by Gasteiger charge is 2.29. The molecule has 1 fully saturated rings. The summed E-state index contributed by atoms with van der Waals surface area (Å²) in [6.45, 7) is 2.74. The summed E-state index contributed by atoms with van der Waals surface area (Å²) in [6, 6.07) is 2.25. The Morgan fingerprint density at radius 3 is 2.82 bits per heavy atom. The Kier molecular flexibility index (Phi) is 4.30. The quantitative estimate of drug-likeness (QED) is 0.816. The van der Waals surface area contributed by atoms with Crippen LogP contribution in [0, 0.1) is 6.92 Å². The minimum Gasteiger partial charge on any atom is -0.377 e. The third-order valence-electron chi connectivity index (χ3n) is 3.84. The van der Waals surface area contributed by atoms with Gasteiger partial charge in [-0.3, -0.25) is 0 Å². The first kappa shape index (κ1) is 14.9. The second-order valence-electron chi connectivity index (χ2n) is 5.61. The van der Waals surface area contributed by atoms with E-state index in [4.69, 9.17) is 10.5 Å². The minimum absolute atomic E-state index is 0.283. The number of rotatable bonds is 6. The van der Waals surface area contributed by atoms with Crippen LogP contribution in [0.5, 0.6) is 0 Å². The van der Waals surface area contributed by atoms with Crippen LogP contribution >= 0.6 is 0 Å². The number of aromatic nitrogens is 4. The maximum Gasteiger partial charge on any atom is 0.156 e. The molecule has 1 aliphatic rings. The van der Waals surface area contributed by atoms with Crippen LogP contribution in [0.3, 0.4) is 0 Å². The molecule has 0 radical (unpaired) electrons. The second-order valence-corrected chi connectivity index (χ2v) is 5.61. The number of anilines is 1. The summed E-state index contributed by atoms with van der Waals surface area (Å²) in [4.78, 5) is 9.02. The van der Waals surface area contributed by atoms with E-state index in [1.807, 2.05) is 13.0 Å². The Morgan fingerprint density at radius 1 is 1.36 bits per heavy atom. The molecule has 1 aliphatic carbocycles. The van der Waals surface area contributed by atoms with E-state index in [0.29, 0.717) is 24.9 Å². The van der Waals surface area contributed by atoms with Crippen molar-refractivity contribution in [3.05, 3.63) is 29.0 Å². The van der Waals surface area contributed by atoms with Crippen molar-refractivity contribution < 1.29 is 9.37 Å². The van der Waals surface area contributed by atoms with Gasteiger partial charge in [0.05, 0.1) is 6.54 Å². The van der Waals surface area contributed by atoms with Gasteiger partial charge in [-0.1, -0.05) is 10.3 Å². The van der Waals surface area contributed by atoms with Crippen LogP contribution in [-0.2, 0) is 17.9 Å². The zero-order valence-corrected chi connectivity index (χ0v) is 12.7. The predicted molar refractivity (Wildman–Crippen MR) is 79.1 cm³/mol. The lowest BCUT2D eigenvalue weighted by Crippen LogP contribution is -2.35. The molecule has 2 heterocycles. The molecular weight excluding hydrogens is 284 g/mol. The van der Waals surface area contributed by atoms with E-state index in [9.17, 15) is 0 Å². The van der Waals surface area contributed by atoms with Gasteiger partial charge in [0.2, 0.25) is 0 Å². The third kappa shape index (κ3) is 3.23. The van der Waals surface area contributed by atoms with Gasteiger partial charge in [-0.2, -0.15) is 0 Å². The monoisotopic (exact) mass is 304 g/mol. The van der Waals surface area contributed by atoms with Crippen molar-refractivity contribution in [2.75, 3.05) is 12.4 Å². The highest BCUT2D eigenvalue weighted by Crippen LogP contribution is 2.35. The number of hydrogen-bond acceptors (Lipinski definition) is 8. The van der Waals surface area contributed by atoms with Crippen molar-refractivity contribution in [1.29, 1.82) is 0 Å². The molecule has 8 heteroatoms. The fourth-order valence-corrected chi connectivity index (χ4v) is 2.50. The molecule has 0 aromatic carbocycles. The lowest BCUT2D eigenvalue weighted by Gasteiger charge is -2.32. The molecule has 3 rings (SSSR count). The molecule has 0 spiro atoms. The Labute approximate surface area is 128 Å². The van der Waals surface area contributed by atoms with Crippen molar-refractivity contribution in [3.8, 4) is 0 Å². The summed E-state index contributed by atoms with van der Waals surface area (Å²) in [7, 11) is 1.63. The van der Waals surface area contributed by atoms with Gasteiger partial charge >= 0.3 is 0 Å². The Hall–Kier alpha value is -2.06. The second kappa shape index (κ2) is 6.37. The van der Waals surface area contributed by atoms with E-state index >= 15 is 0 Å². The summed E-state index contributed by atoms with van der Waals surface area (Å²) in [5.41, 5.74) is 8.42. The van der Waals surface area contributed by atoms with E-state index in [-0.39, 0.29) is 6.04 Å². The zero-order valence-electron chi connectivity index (χ0n) is 12.7. The zero-order chi connectivity index (χ0) is 15.5. The maximum absolute atomic E-state index is 5.87. The molecule has 0 bridgehead atoms. The van der Waals surface area contributed by atoms with Crippen LogP contribution in [0.1, 0.15) is 41.7 Å². The molecule has 8 nitrogen and oxygen atoms in total. The molecule has 22 heavy (non-hydrogen) atoms. The van der Waals surface area contributed by atoms with Gasteiger partial charge in [0.1, 0.15) is 23.8 Å². The first-order valence-corrected chi connectivity index (χ1v) is 7.30. The normalized spacial score (nSPS) is 20.7. The largest absolute Gasteiger partial charge is 0.377 e. The molecule has 2 aromatic rings. The fraction of sp³-hybridized carbons (Fsp3) is 0.571. The number of aryl methyl sites for hydroxylation is 1. The van der Waals surface area contributed by atoms with Crippen LogP contribution in [0.25, 0.3) is 0 Å². The first-order valence-electron chi connectivity index (χ1n) is 7.30. The number of hydrogen-bond donors (Lipinski definition) is 2. The number of nitrogens with two attached hydrogens (primary N) is 1. The van der Waals surface area contributed by atoms with Gasteiger partial charge in [-0.25, -0.2) is 14.6 Å². The highest BCUT2D eigenvalue weighted by molar-refractivity contribution is 5.38. The molecule has 0 amide bonds. The van der Waals surface area contributed by atoms with Crippen molar-refractivity contribution in [2.45, 2.75) is 44.9 Å². The molecule has 0 saturated heterocycles. The molecule has 118 valence electrons. The van der Waals surface area contributed by atoms with Crippen molar-refractivity contribution in [2.24, 2.45) is 5.73 Å². The van der Waals surface area contributed by atoms with Crippen LogP contribution in [0.2, 0.25) is 0 Å². The average Bonchev–Trinajstić information content (AvgIpc) is 2.87. The first-order chi connectivity index (χ1) is 10.7. The van der Waals surface area contributed by atoms with Gasteiger partial charge in [0, 0.05) is 30.8 Å². The van der Waals surface area contributed by atoms with E-state index in [0.717, 1.165) is 35.7 Å². The van der Waals surface area contributed by atoms with Gasteiger partial charge in [0.25, 0.3) is 0 Å². The van der Waals surface area contributed by atoms with Crippen molar-refractivity contribution >= 4 is 5.82 Å². The van der Waals surface area contributed by atoms with Gasteiger partial charge in [0.15, 0.2) is 5.82 Å². The van der Waals surface area contributed by atoms with Crippen LogP contribution in [-0.4, -0.2) is 33.4 Å². The Bertz CT molecular complexity index is 638. The van der Waals surface area contributed by atoms with E-state index in [1.165, 1.54) is 0 Å². The van der Waals surface area contributed by atoms with E-state index in [1.54, 1.807) is 7.11 Å². The molecule has 0 atom stereocenters. The van der Waals surface area contributed by atoms with Gasteiger partial charge in [-0.15, -0.1) is 0 Å². The topological polar surface area (TPSA) is 112 Å². The molecule has 3 N–H and O–H groups in total. The molecule has 2 aromatic heterocycles. The molecule has 1 saturated carbocycles. The molecule has 0 unspecified atom stereocenters. The van der Waals surface area contributed by atoms with Crippen LogP contribution < -0.4 is 11.1 Å². The number of nitrogens with zero attached hydrogens (tertiary/aromatic N) is 4. The summed E-state index contributed by atoms with van der Waals surface area (Å²) >= 11 is 0. The number of methoxy groups -OCH3 is 1. The third-order valence-corrected chi connectivity index (χ3v) is 3.84. The highest BCUT2D eigenvalue weighted by atomic mass is 16.6. The lowest BCUT2D eigenvalue weighted by atomic mass is 9.78. The van der Waals surface area contributed by atoms with Crippen molar-refractivity contribution in [1.82, 2.24) is 20.3 Å². The van der Waals surface area contributed by atoms with E-state index < -0.39 is 0 Å². The maximum atomic E-state index is 5.87. The van der Waals surface area contributed by atoms with Crippen molar-refractivity contribution in [3.63, 3.8) is 0 Å². The predicted octanol–water partition coefficient (Wildman–Crippen LogP) is 1.13. The van der Waals surface area contributed by atoms with Crippen LogP contribution in [0.4, 0.5) is 5.82 Å². The minimum atomic E-state index is 0.283. The van der Waals surface area contributed by atoms with Gasteiger partial charge in [-0.05, 0) is 19.8 Å². The van der Waals surface area contributed by atoms with Gasteiger partial charge < -0.3 is 15.8 Å². The molecular formula is C14H20N6O2. The number of nitrogens with one attached hydrogen (secondary N) is 1.